The van der Waals surface area contributed by atoms with Crippen LogP contribution in [0.15, 0.2) is 54.1 Å². The summed E-state index contributed by atoms with van der Waals surface area (Å²) in [4.78, 5) is 38.5. The molecule has 8 nitrogen and oxygen atoms in total. The molecule has 0 saturated carbocycles. The van der Waals surface area contributed by atoms with Gasteiger partial charge in [0.25, 0.3) is 11.7 Å². The second-order valence-corrected chi connectivity index (χ2v) is 6.53. The number of hydrogen-bond acceptors (Lipinski definition) is 7. The molecule has 1 aliphatic rings. The van der Waals surface area contributed by atoms with Crippen LogP contribution in [0.5, 0.6) is 11.5 Å². The van der Waals surface area contributed by atoms with Gasteiger partial charge in [0, 0.05) is 5.56 Å². The average Bonchev–Trinajstić information content (AvgIpc) is 3.00. The van der Waals surface area contributed by atoms with Gasteiger partial charge in [-0.25, -0.2) is 0 Å². The van der Waals surface area contributed by atoms with Crippen LogP contribution in [0.25, 0.3) is 5.76 Å². The lowest BCUT2D eigenvalue weighted by Crippen LogP contribution is -2.35. The van der Waals surface area contributed by atoms with Gasteiger partial charge in [-0.2, -0.15) is 0 Å². The maximum absolute atomic E-state index is 12.8. The number of aliphatic hydroxyl groups excluding tert-OH is 1. The second kappa shape index (κ2) is 8.69. The summed E-state index contributed by atoms with van der Waals surface area (Å²) in [5.41, 5.74) is 0.572. The Bertz CT molecular complexity index is 1010. The zero-order valence-electron chi connectivity index (χ0n) is 16.5. The highest BCUT2D eigenvalue weighted by molar-refractivity contribution is 6.46. The quantitative estimate of drug-likeness (QED) is 0.325. The first-order valence-electron chi connectivity index (χ1n) is 9.25. The van der Waals surface area contributed by atoms with Crippen LogP contribution in [0.1, 0.15) is 24.1 Å². The SMILES string of the molecule is CCOc1cc([C@H]2C(=C(O)c3ccccc3)C(=O)C(=O)N2CC(=O)OC)ccc1O. The van der Waals surface area contributed by atoms with Gasteiger partial charge in [0.05, 0.1) is 25.3 Å². The molecule has 2 N–H and O–H groups in total. The predicted molar refractivity (Wildman–Crippen MR) is 107 cm³/mol. The Kier molecular flexibility index (Phi) is 6.06. The van der Waals surface area contributed by atoms with Crippen molar-refractivity contribution in [3.8, 4) is 11.5 Å². The number of benzene rings is 2. The van der Waals surface area contributed by atoms with Crippen LogP contribution in [0.2, 0.25) is 0 Å². The first-order valence-corrected chi connectivity index (χ1v) is 9.25. The van der Waals surface area contributed by atoms with E-state index in [1.54, 1.807) is 37.3 Å². The highest BCUT2D eigenvalue weighted by Gasteiger charge is 2.47. The van der Waals surface area contributed by atoms with Crippen molar-refractivity contribution in [3.63, 3.8) is 0 Å². The van der Waals surface area contributed by atoms with Crippen molar-refractivity contribution in [2.75, 3.05) is 20.3 Å². The molecule has 0 bridgehead atoms. The van der Waals surface area contributed by atoms with Gasteiger partial charge in [0.1, 0.15) is 12.3 Å². The maximum Gasteiger partial charge on any atom is 0.325 e. The number of aromatic hydroxyl groups is 1. The summed E-state index contributed by atoms with van der Waals surface area (Å²) < 4.78 is 10.1. The number of hydrogen-bond donors (Lipinski definition) is 2. The fourth-order valence-electron chi connectivity index (χ4n) is 3.32. The third kappa shape index (κ3) is 3.84. The molecule has 1 atom stereocenters. The lowest BCUT2D eigenvalue weighted by molar-refractivity contribution is -0.148. The van der Waals surface area contributed by atoms with Crippen molar-refractivity contribution >= 4 is 23.4 Å². The number of rotatable bonds is 6. The smallest absolute Gasteiger partial charge is 0.325 e. The van der Waals surface area contributed by atoms with Gasteiger partial charge in [-0.15, -0.1) is 0 Å². The summed E-state index contributed by atoms with van der Waals surface area (Å²) >= 11 is 0. The number of amides is 1. The zero-order valence-corrected chi connectivity index (χ0v) is 16.5. The van der Waals surface area contributed by atoms with Crippen LogP contribution in [0.4, 0.5) is 0 Å². The molecule has 1 heterocycles. The molecular weight excluding hydrogens is 390 g/mol. The number of carbonyl (C=O) groups is 3. The minimum absolute atomic E-state index is 0.117. The molecule has 0 aliphatic carbocycles. The van der Waals surface area contributed by atoms with Crippen LogP contribution in [-0.4, -0.2) is 53.0 Å². The minimum atomic E-state index is -1.07. The summed E-state index contributed by atoms with van der Waals surface area (Å²) in [6, 6.07) is 11.6. The van der Waals surface area contributed by atoms with Gasteiger partial charge in [-0.1, -0.05) is 36.4 Å². The van der Waals surface area contributed by atoms with Crippen LogP contribution in [-0.2, 0) is 19.1 Å². The van der Waals surface area contributed by atoms with Crippen molar-refractivity contribution in [1.82, 2.24) is 4.90 Å². The van der Waals surface area contributed by atoms with Crippen LogP contribution < -0.4 is 4.74 Å². The van der Waals surface area contributed by atoms with Crippen molar-refractivity contribution in [2.24, 2.45) is 0 Å². The Morgan fingerprint density at radius 3 is 2.47 bits per heavy atom. The van der Waals surface area contributed by atoms with Gasteiger partial charge in [0.15, 0.2) is 11.5 Å². The number of likely N-dealkylation sites (tertiary alicyclic amines) is 1. The van der Waals surface area contributed by atoms with E-state index >= 15 is 0 Å². The third-order valence-electron chi connectivity index (χ3n) is 4.71. The molecule has 1 aliphatic heterocycles. The monoisotopic (exact) mass is 411 g/mol. The zero-order chi connectivity index (χ0) is 21.8. The Morgan fingerprint density at radius 1 is 1.13 bits per heavy atom. The largest absolute Gasteiger partial charge is 0.507 e. The lowest BCUT2D eigenvalue weighted by Gasteiger charge is -2.24. The number of esters is 1. The highest BCUT2D eigenvalue weighted by atomic mass is 16.5. The molecule has 0 unspecified atom stereocenters. The van der Waals surface area contributed by atoms with Crippen molar-refractivity contribution < 1.29 is 34.1 Å². The molecule has 1 amide bonds. The number of phenols is 1. The van der Waals surface area contributed by atoms with E-state index in [0.29, 0.717) is 11.1 Å². The number of aliphatic hydroxyl groups is 1. The fourth-order valence-corrected chi connectivity index (χ4v) is 3.32. The molecule has 30 heavy (non-hydrogen) atoms. The summed E-state index contributed by atoms with van der Waals surface area (Å²) in [7, 11) is 1.17. The molecule has 0 radical (unpaired) electrons. The Morgan fingerprint density at radius 2 is 1.83 bits per heavy atom. The van der Waals surface area contributed by atoms with E-state index in [1.165, 1.54) is 25.3 Å². The van der Waals surface area contributed by atoms with E-state index in [-0.39, 0.29) is 29.4 Å². The minimum Gasteiger partial charge on any atom is -0.507 e. The summed E-state index contributed by atoms with van der Waals surface area (Å²) in [6.45, 7) is 1.54. The van der Waals surface area contributed by atoms with E-state index in [9.17, 15) is 24.6 Å². The predicted octanol–water partition coefficient (Wildman–Crippen LogP) is 2.39. The Hall–Kier alpha value is -3.81. The Labute approximate surface area is 173 Å². The molecule has 0 aromatic heterocycles. The van der Waals surface area contributed by atoms with Crippen molar-refractivity contribution in [1.29, 1.82) is 0 Å². The van der Waals surface area contributed by atoms with E-state index < -0.39 is 30.2 Å². The lowest BCUT2D eigenvalue weighted by atomic mass is 9.95. The van der Waals surface area contributed by atoms with E-state index in [2.05, 4.69) is 4.74 Å². The molecule has 156 valence electrons. The first kappa shape index (κ1) is 20.9. The number of carbonyl (C=O) groups excluding carboxylic acids is 3. The average molecular weight is 411 g/mol. The van der Waals surface area contributed by atoms with Gasteiger partial charge in [-0.3, -0.25) is 14.4 Å². The van der Waals surface area contributed by atoms with E-state index in [4.69, 9.17) is 4.74 Å². The molecular formula is C22H21NO7. The maximum atomic E-state index is 12.8. The number of ketones is 1. The molecule has 2 aromatic rings. The molecule has 1 saturated heterocycles. The topological polar surface area (TPSA) is 113 Å². The number of ether oxygens (including phenoxy) is 2. The van der Waals surface area contributed by atoms with Crippen molar-refractivity contribution in [2.45, 2.75) is 13.0 Å². The van der Waals surface area contributed by atoms with Gasteiger partial charge >= 0.3 is 5.97 Å². The van der Waals surface area contributed by atoms with E-state index in [0.717, 1.165) is 4.90 Å². The molecule has 2 aromatic carbocycles. The number of nitrogens with zero attached hydrogens (tertiary/aromatic N) is 1. The van der Waals surface area contributed by atoms with E-state index in [1.807, 2.05) is 0 Å². The van der Waals surface area contributed by atoms with Crippen LogP contribution >= 0.6 is 0 Å². The standard InChI is InChI=1S/C22H21NO7/c1-3-30-16-11-14(9-10-15(16)24)19-18(20(26)13-7-5-4-6-8-13)21(27)22(28)23(19)12-17(25)29-2/h4-11,19,24,26H,3,12H2,1-2H3/t19-/m0/s1. The third-order valence-corrected chi connectivity index (χ3v) is 4.71. The van der Waals surface area contributed by atoms with Gasteiger partial charge < -0.3 is 24.6 Å². The molecule has 1 fully saturated rings. The number of phenolic OH excluding ortho intramolecular Hbond substituents is 1. The number of Topliss-reactive ketones (excluding diaryl/α,β-unsaturated/α-hetero) is 1. The molecule has 8 heteroatoms. The Balaban J connectivity index is 2.20. The fraction of sp³-hybridized carbons (Fsp3) is 0.227. The molecule has 3 rings (SSSR count). The van der Waals surface area contributed by atoms with Crippen LogP contribution in [0.3, 0.4) is 0 Å². The van der Waals surface area contributed by atoms with Gasteiger partial charge in [0.2, 0.25) is 0 Å². The van der Waals surface area contributed by atoms with Crippen LogP contribution in [0, 0.1) is 0 Å². The van der Waals surface area contributed by atoms with Crippen molar-refractivity contribution in [3.05, 3.63) is 65.2 Å². The second-order valence-electron chi connectivity index (χ2n) is 6.53. The van der Waals surface area contributed by atoms with Gasteiger partial charge in [-0.05, 0) is 24.6 Å². The number of methoxy groups -OCH3 is 1. The summed E-state index contributed by atoms with van der Waals surface area (Å²) in [5, 5.41) is 20.9. The normalized spacial score (nSPS) is 17.8. The summed E-state index contributed by atoms with van der Waals surface area (Å²) in [5.74, 6) is -2.90. The highest BCUT2D eigenvalue weighted by Crippen LogP contribution is 2.41. The first-order chi connectivity index (χ1) is 14.4. The molecule has 0 spiro atoms. The summed E-state index contributed by atoms with van der Waals surface area (Å²) in [6.07, 6.45) is 0.